The molecule has 10 aromatic rings. The Bertz CT molecular complexity index is 5190. The molecule has 6 aliphatic rings. The van der Waals surface area contributed by atoms with Gasteiger partial charge in [0.25, 0.3) is 23.6 Å². The number of carbonyl (C=O) groups excluding carboxylic acids is 7. The number of imidazole rings is 2. The monoisotopic (exact) mass is 1500 g/mol. The Labute approximate surface area is 639 Å². The van der Waals surface area contributed by atoms with Crippen molar-refractivity contribution in [1.29, 1.82) is 0 Å². The van der Waals surface area contributed by atoms with Crippen LogP contribution in [0.2, 0.25) is 0 Å². The van der Waals surface area contributed by atoms with Gasteiger partial charge < -0.3 is 69.9 Å². The first-order valence-corrected chi connectivity index (χ1v) is 36.3. The van der Waals surface area contributed by atoms with Gasteiger partial charge in [-0.3, -0.25) is 53.9 Å². The summed E-state index contributed by atoms with van der Waals surface area (Å²) in [5.74, 6) is 0.500. The number of amides is 7. The molecular weight excluding hydrogens is 1420 g/mol. The summed E-state index contributed by atoms with van der Waals surface area (Å²) >= 11 is 0. The summed E-state index contributed by atoms with van der Waals surface area (Å²) < 4.78 is 36.8. The molecular formula is C83H81N15O13. The summed E-state index contributed by atoms with van der Waals surface area (Å²) in [4.78, 5) is 113. The number of nitrogens with one attached hydrogen (secondary N) is 6. The van der Waals surface area contributed by atoms with Crippen LogP contribution in [0.5, 0.6) is 23.0 Å². The van der Waals surface area contributed by atoms with Crippen LogP contribution in [0.1, 0.15) is 95.8 Å². The molecule has 8 aromatic carbocycles. The molecule has 5 aliphatic heterocycles. The maximum atomic E-state index is 13.7. The van der Waals surface area contributed by atoms with Crippen LogP contribution in [0.3, 0.4) is 0 Å². The predicted molar refractivity (Wildman–Crippen MR) is 422 cm³/mol. The van der Waals surface area contributed by atoms with Gasteiger partial charge >= 0.3 is 6.09 Å². The number of ether oxygens (including phenoxy) is 6. The van der Waals surface area contributed by atoms with Crippen molar-refractivity contribution < 1.29 is 62.0 Å². The Balaban J connectivity index is 0.000000179. The summed E-state index contributed by atoms with van der Waals surface area (Å²) in [7, 11) is 6.34. The van der Waals surface area contributed by atoms with Gasteiger partial charge in [0.2, 0.25) is 23.5 Å². The third kappa shape index (κ3) is 17.0. The molecule has 0 saturated carbocycles. The number of para-hydroxylation sites is 2. The topological polar surface area (TPSA) is 340 Å². The Morgan fingerprint density at radius 3 is 1.40 bits per heavy atom. The molecule has 7 heterocycles. The standard InChI is InChI=1S/C47H41N7O7.C32H31N7O5.C4H9NO/c1-53-26-42(51-43(55)16-9-21-60-41-24-38-36(23-40(41)59-2)46(57)54-31(25-48-38)22-28-10-3-8-15-39(28)54)52-44(53)45(56)49-29-17-19-30(20-18-29)50-47(58)61-27-37-34-13-6-4-11-32(34)33-12-5-7-14-35(33)37;1-38-18-28(37-30(38)31(41)35-21-11-9-20(33)10-12-21)36-29(40)8-5-13-44-27-16-24-23(15-26(27)43-2)32(42)39-22(17-34-24)14-19-6-3-4-7-25(19)39;1-3-6-4-2-5-1/h3-8,10-15,17-20,23-26,31,37H,9,16,21-22,27H2,1-2H3,(H,49,56)(H,50,58)(H,51,55);3-4,6-7,9-12,15-18,22H,5,8,13-14,33H2,1-2H3,(H,35,41)(H,36,40);5H,1-4H2/t31-;22-;/m00./s1. The molecule has 28 nitrogen and oxygen atoms in total. The van der Waals surface area contributed by atoms with Crippen LogP contribution < -0.4 is 66.4 Å². The zero-order chi connectivity index (χ0) is 77.1. The van der Waals surface area contributed by atoms with Crippen LogP contribution >= 0.6 is 0 Å². The number of hydrogen-bond acceptors (Lipinski definition) is 19. The first-order chi connectivity index (χ1) is 54.0. The van der Waals surface area contributed by atoms with E-state index in [9.17, 15) is 33.6 Å². The van der Waals surface area contributed by atoms with Crippen molar-refractivity contribution in [2.24, 2.45) is 24.1 Å². The van der Waals surface area contributed by atoms with Gasteiger partial charge in [-0.1, -0.05) is 84.9 Å². The van der Waals surface area contributed by atoms with Crippen LogP contribution in [0, 0.1) is 0 Å². The van der Waals surface area contributed by atoms with E-state index < -0.39 is 17.9 Å². The lowest BCUT2D eigenvalue weighted by atomic mass is 9.98. The number of fused-ring (bicyclic) bond motifs is 11. The first kappa shape index (κ1) is 74.4. The number of hydrogen-bond donors (Lipinski definition) is 7. The van der Waals surface area contributed by atoms with Crippen LogP contribution in [0.4, 0.5) is 61.9 Å². The molecule has 566 valence electrons. The highest BCUT2D eigenvalue weighted by molar-refractivity contribution is 6.16. The van der Waals surface area contributed by atoms with Gasteiger partial charge in [0, 0.05) is 130 Å². The molecule has 8 N–H and O–H groups in total. The van der Waals surface area contributed by atoms with Gasteiger partial charge in [0.05, 0.1) is 75.2 Å². The van der Waals surface area contributed by atoms with E-state index in [1.165, 1.54) is 23.4 Å². The van der Waals surface area contributed by atoms with Gasteiger partial charge in [0.15, 0.2) is 34.6 Å². The second-order valence-electron chi connectivity index (χ2n) is 26.8. The molecule has 2 atom stereocenters. The number of carbonyl (C=O) groups is 7. The number of nitrogens with zero attached hydrogens (tertiary/aromatic N) is 8. The van der Waals surface area contributed by atoms with Crippen molar-refractivity contribution in [3.63, 3.8) is 0 Å². The number of morpholine rings is 1. The van der Waals surface area contributed by atoms with E-state index in [-0.39, 0.29) is 97.6 Å². The van der Waals surface area contributed by atoms with Crippen molar-refractivity contribution >= 4 is 111 Å². The minimum absolute atomic E-state index is 0.0537. The number of nitrogens with two attached hydrogens (primary N) is 1. The zero-order valence-electron chi connectivity index (χ0n) is 61.4. The van der Waals surface area contributed by atoms with E-state index in [1.54, 1.807) is 122 Å². The summed E-state index contributed by atoms with van der Waals surface area (Å²) in [6, 6.07) is 51.7. The lowest BCUT2D eigenvalue weighted by Gasteiger charge is -2.22. The Kier molecular flexibility index (Phi) is 22.6. The summed E-state index contributed by atoms with van der Waals surface area (Å²) in [5, 5.41) is 16.9. The molecule has 16 rings (SSSR count). The van der Waals surface area contributed by atoms with Crippen molar-refractivity contribution in [3.05, 3.63) is 227 Å². The Hall–Kier alpha value is -13.5. The van der Waals surface area contributed by atoms with E-state index >= 15 is 0 Å². The average molecular weight is 1500 g/mol. The molecule has 0 radical (unpaired) electrons. The normalized spacial score (nSPS) is 15.1. The molecule has 0 spiro atoms. The molecule has 1 fully saturated rings. The van der Waals surface area contributed by atoms with Crippen molar-refractivity contribution in [2.45, 2.75) is 56.5 Å². The quantitative estimate of drug-likeness (QED) is 0.0260. The van der Waals surface area contributed by atoms with Crippen molar-refractivity contribution in [3.8, 4) is 34.1 Å². The number of benzene rings is 8. The predicted octanol–water partition coefficient (Wildman–Crippen LogP) is 12.1. The van der Waals surface area contributed by atoms with E-state index in [4.69, 9.17) is 34.2 Å². The van der Waals surface area contributed by atoms with Crippen LogP contribution in [0.15, 0.2) is 192 Å². The molecule has 1 saturated heterocycles. The summed E-state index contributed by atoms with van der Waals surface area (Å²) in [6.45, 7) is 4.44. The highest BCUT2D eigenvalue weighted by Crippen LogP contribution is 2.46. The molecule has 111 heavy (non-hydrogen) atoms. The highest BCUT2D eigenvalue weighted by atomic mass is 16.5. The Morgan fingerprint density at radius 2 is 0.955 bits per heavy atom. The summed E-state index contributed by atoms with van der Waals surface area (Å²) in [5.41, 5.74) is 18.2. The lowest BCUT2D eigenvalue weighted by Crippen LogP contribution is -2.37. The van der Waals surface area contributed by atoms with Gasteiger partial charge in [-0.05, 0) is 119 Å². The molecule has 1 aliphatic carbocycles. The number of aryl methyl sites for hydroxylation is 2. The fourth-order valence-electron chi connectivity index (χ4n) is 13.9. The lowest BCUT2D eigenvalue weighted by molar-refractivity contribution is -0.117. The molecule has 7 amide bonds. The maximum Gasteiger partial charge on any atom is 0.411 e. The number of methoxy groups -OCH3 is 2. The Morgan fingerprint density at radius 1 is 0.523 bits per heavy atom. The average Bonchev–Trinajstić information content (AvgIpc) is 1.63. The number of nitrogen functional groups attached to an aromatic ring is 1. The van der Waals surface area contributed by atoms with Crippen LogP contribution in [0.25, 0.3) is 11.1 Å². The number of aliphatic imine (C=N–C) groups is 2. The van der Waals surface area contributed by atoms with Crippen LogP contribution in [-0.2, 0) is 46.0 Å². The zero-order valence-corrected chi connectivity index (χ0v) is 61.4. The second kappa shape index (κ2) is 33.8. The van der Waals surface area contributed by atoms with Crippen molar-refractivity contribution in [1.82, 2.24) is 24.4 Å². The largest absolute Gasteiger partial charge is 0.493 e. The molecule has 2 aromatic heterocycles. The van der Waals surface area contributed by atoms with Crippen LogP contribution in [-0.4, -0.2) is 145 Å². The van der Waals surface area contributed by atoms with Gasteiger partial charge in [0.1, 0.15) is 6.61 Å². The first-order valence-electron chi connectivity index (χ1n) is 36.3. The minimum Gasteiger partial charge on any atom is -0.493 e. The SMILES string of the molecule is C1COCCN1.COc1cc2c(cc1OCCCC(=O)Nc1cn(C)c(C(=O)Nc3ccc(N)cc3)n1)N=C[C@@H]1Cc3ccccc3N1C2=O.COc1cc2c(cc1OCCCC(=O)Nc1cn(C)c(C(=O)Nc3ccc(NC(=O)OCC4c5ccccc5-c5ccccc54)cc3)n1)N=C[C@@H]1Cc3ccccc3N1C2=O. The van der Waals surface area contributed by atoms with E-state index in [0.29, 0.717) is 93.9 Å². The fraction of sp³-hybridized carbons (Fsp3) is 0.241. The number of anilines is 8. The third-order valence-electron chi connectivity index (χ3n) is 19.3. The molecule has 0 unspecified atom stereocenters. The second-order valence-corrected chi connectivity index (χ2v) is 26.8. The van der Waals surface area contributed by atoms with E-state index in [2.05, 4.69) is 76.1 Å². The number of aromatic nitrogens is 4. The minimum atomic E-state index is -0.583. The fourth-order valence-corrected chi connectivity index (χ4v) is 13.9. The third-order valence-corrected chi connectivity index (χ3v) is 19.3. The van der Waals surface area contributed by atoms with Gasteiger partial charge in [-0.25, -0.2) is 14.8 Å². The van der Waals surface area contributed by atoms with E-state index in [0.717, 1.165) is 71.1 Å². The van der Waals surface area contributed by atoms with Crippen molar-refractivity contribution in [2.75, 3.05) is 102 Å². The smallest absolute Gasteiger partial charge is 0.411 e. The highest BCUT2D eigenvalue weighted by Gasteiger charge is 2.39. The van der Waals surface area contributed by atoms with Gasteiger partial charge in [-0.15, -0.1) is 0 Å². The number of rotatable bonds is 21. The molecule has 0 bridgehead atoms. The summed E-state index contributed by atoms with van der Waals surface area (Å²) in [6.07, 6.45) is 8.58. The van der Waals surface area contributed by atoms with E-state index in [1.807, 2.05) is 72.8 Å². The van der Waals surface area contributed by atoms with Gasteiger partial charge in [-0.2, -0.15) is 0 Å². The maximum absolute atomic E-state index is 13.7. The molecule has 28 heteroatoms.